The number of carbonyl (C=O) groups excluding carboxylic acids is 1. The Kier molecular flexibility index (Phi) is 4.54. The van der Waals surface area contributed by atoms with E-state index in [0.29, 0.717) is 23.5 Å². The summed E-state index contributed by atoms with van der Waals surface area (Å²) in [5, 5.41) is 13.8. The van der Waals surface area contributed by atoms with Gasteiger partial charge in [0.15, 0.2) is 0 Å². The topological polar surface area (TPSA) is 90.7 Å². The standard InChI is InChI=1S/C19H20N2O5/c1-19(2)11-16(15-10-14(25-3)8-9-17(15)26-19)20-18(22)12-4-6-13(7-5-12)21(23)24/h4-10,16H,11H2,1-3H3,(H,20,22)/t16-/m1/s1. The number of nitrogens with zero attached hydrogens (tertiary/aromatic N) is 1. The Morgan fingerprint density at radius 2 is 1.96 bits per heavy atom. The molecule has 7 nitrogen and oxygen atoms in total. The highest BCUT2D eigenvalue weighted by Crippen LogP contribution is 2.41. The highest BCUT2D eigenvalue weighted by Gasteiger charge is 2.35. The van der Waals surface area contributed by atoms with Crippen molar-refractivity contribution in [1.82, 2.24) is 5.32 Å². The van der Waals surface area contributed by atoms with Gasteiger partial charge in [0.2, 0.25) is 0 Å². The number of nitro groups is 1. The van der Waals surface area contributed by atoms with Crippen molar-refractivity contribution in [2.24, 2.45) is 0 Å². The summed E-state index contributed by atoms with van der Waals surface area (Å²) in [7, 11) is 1.58. The number of fused-ring (bicyclic) bond motifs is 1. The van der Waals surface area contributed by atoms with E-state index in [1.54, 1.807) is 7.11 Å². The fourth-order valence-electron chi connectivity index (χ4n) is 3.06. The number of hydrogen-bond donors (Lipinski definition) is 1. The van der Waals surface area contributed by atoms with Crippen LogP contribution in [0.4, 0.5) is 5.69 Å². The maximum Gasteiger partial charge on any atom is 0.269 e. The normalized spacial score (nSPS) is 17.6. The Morgan fingerprint density at radius 1 is 1.27 bits per heavy atom. The summed E-state index contributed by atoms with van der Waals surface area (Å²) in [6, 6.07) is 10.8. The van der Waals surface area contributed by atoms with E-state index in [4.69, 9.17) is 9.47 Å². The summed E-state index contributed by atoms with van der Waals surface area (Å²) in [5.41, 5.74) is 0.724. The van der Waals surface area contributed by atoms with Crippen molar-refractivity contribution < 1.29 is 19.2 Å². The van der Waals surface area contributed by atoms with E-state index in [2.05, 4.69) is 5.32 Å². The number of nitro benzene ring substituents is 1. The van der Waals surface area contributed by atoms with Crippen LogP contribution in [0.2, 0.25) is 0 Å². The van der Waals surface area contributed by atoms with Gasteiger partial charge in [0, 0.05) is 29.7 Å². The van der Waals surface area contributed by atoms with Crippen LogP contribution in [0, 0.1) is 10.1 Å². The molecule has 7 heteroatoms. The van der Waals surface area contributed by atoms with E-state index in [0.717, 1.165) is 5.56 Å². The largest absolute Gasteiger partial charge is 0.497 e. The van der Waals surface area contributed by atoms with Crippen LogP contribution < -0.4 is 14.8 Å². The number of ether oxygens (including phenoxy) is 2. The smallest absolute Gasteiger partial charge is 0.269 e. The zero-order valence-corrected chi connectivity index (χ0v) is 14.8. The lowest BCUT2D eigenvalue weighted by Crippen LogP contribution is -2.41. The van der Waals surface area contributed by atoms with Gasteiger partial charge in [0.25, 0.3) is 11.6 Å². The van der Waals surface area contributed by atoms with Crippen LogP contribution in [0.15, 0.2) is 42.5 Å². The van der Waals surface area contributed by atoms with Crippen molar-refractivity contribution in [2.75, 3.05) is 7.11 Å². The number of rotatable bonds is 4. The number of benzene rings is 2. The van der Waals surface area contributed by atoms with Crippen molar-refractivity contribution in [3.63, 3.8) is 0 Å². The van der Waals surface area contributed by atoms with Gasteiger partial charge >= 0.3 is 0 Å². The second kappa shape index (κ2) is 6.67. The molecule has 0 radical (unpaired) electrons. The average Bonchev–Trinajstić information content (AvgIpc) is 2.60. The van der Waals surface area contributed by atoms with Crippen molar-refractivity contribution in [3.05, 3.63) is 63.7 Å². The number of amides is 1. The van der Waals surface area contributed by atoms with E-state index in [1.807, 2.05) is 32.0 Å². The molecule has 2 aromatic rings. The summed E-state index contributed by atoms with van der Waals surface area (Å²) in [4.78, 5) is 22.9. The van der Waals surface area contributed by atoms with Gasteiger partial charge in [-0.05, 0) is 44.2 Å². The molecule has 136 valence electrons. The second-order valence-electron chi connectivity index (χ2n) is 6.80. The predicted octanol–water partition coefficient (Wildman–Crippen LogP) is 3.64. The van der Waals surface area contributed by atoms with Crippen LogP contribution >= 0.6 is 0 Å². The molecule has 1 amide bonds. The molecular formula is C19H20N2O5. The van der Waals surface area contributed by atoms with Crippen LogP contribution in [-0.4, -0.2) is 23.5 Å². The molecule has 0 saturated carbocycles. The Morgan fingerprint density at radius 3 is 2.58 bits per heavy atom. The molecule has 2 aromatic carbocycles. The van der Waals surface area contributed by atoms with Crippen molar-refractivity contribution >= 4 is 11.6 Å². The van der Waals surface area contributed by atoms with Crippen LogP contribution in [0.1, 0.15) is 42.2 Å². The van der Waals surface area contributed by atoms with E-state index in [-0.39, 0.29) is 17.6 Å². The first-order valence-corrected chi connectivity index (χ1v) is 8.21. The molecule has 0 aliphatic carbocycles. The van der Waals surface area contributed by atoms with Gasteiger partial charge in [-0.1, -0.05) is 0 Å². The maximum absolute atomic E-state index is 12.6. The third kappa shape index (κ3) is 3.61. The molecule has 0 fully saturated rings. The Hall–Kier alpha value is -3.09. The summed E-state index contributed by atoms with van der Waals surface area (Å²) >= 11 is 0. The van der Waals surface area contributed by atoms with E-state index < -0.39 is 10.5 Å². The minimum absolute atomic E-state index is 0.0520. The van der Waals surface area contributed by atoms with Gasteiger partial charge < -0.3 is 14.8 Å². The van der Waals surface area contributed by atoms with E-state index >= 15 is 0 Å². The van der Waals surface area contributed by atoms with E-state index in [9.17, 15) is 14.9 Å². The Labute approximate surface area is 151 Å². The minimum Gasteiger partial charge on any atom is -0.497 e. The number of carbonyl (C=O) groups is 1. The molecule has 1 aliphatic heterocycles. The molecule has 0 spiro atoms. The minimum atomic E-state index is -0.495. The number of non-ortho nitro benzene ring substituents is 1. The van der Waals surface area contributed by atoms with Crippen LogP contribution in [-0.2, 0) is 0 Å². The fourth-order valence-corrected chi connectivity index (χ4v) is 3.06. The molecule has 1 N–H and O–H groups in total. The quantitative estimate of drug-likeness (QED) is 0.667. The number of hydrogen-bond acceptors (Lipinski definition) is 5. The lowest BCUT2D eigenvalue weighted by molar-refractivity contribution is -0.384. The van der Waals surface area contributed by atoms with Crippen molar-refractivity contribution in [2.45, 2.75) is 31.9 Å². The molecule has 3 rings (SSSR count). The first-order valence-electron chi connectivity index (χ1n) is 8.21. The maximum atomic E-state index is 12.6. The van der Waals surface area contributed by atoms with Gasteiger partial charge in [-0.3, -0.25) is 14.9 Å². The molecule has 26 heavy (non-hydrogen) atoms. The lowest BCUT2D eigenvalue weighted by atomic mass is 9.89. The molecule has 0 aromatic heterocycles. The SMILES string of the molecule is COc1ccc2c(c1)[C@H](NC(=O)c1ccc([N+](=O)[O-])cc1)CC(C)(C)O2. The summed E-state index contributed by atoms with van der Waals surface area (Å²) in [5.74, 6) is 1.09. The van der Waals surface area contributed by atoms with Crippen molar-refractivity contribution in [3.8, 4) is 11.5 Å². The zero-order valence-electron chi connectivity index (χ0n) is 14.8. The van der Waals surface area contributed by atoms with Gasteiger partial charge in [-0.25, -0.2) is 0 Å². The fraction of sp³-hybridized carbons (Fsp3) is 0.316. The average molecular weight is 356 g/mol. The lowest BCUT2D eigenvalue weighted by Gasteiger charge is -2.38. The molecule has 1 atom stereocenters. The molecule has 1 heterocycles. The van der Waals surface area contributed by atoms with E-state index in [1.165, 1.54) is 24.3 Å². The first kappa shape index (κ1) is 17.7. The summed E-state index contributed by atoms with van der Waals surface area (Å²) in [6.07, 6.45) is 0.589. The van der Waals surface area contributed by atoms with Crippen LogP contribution in [0.5, 0.6) is 11.5 Å². The third-order valence-electron chi connectivity index (χ3n) is 4.32. The summed E-state index contributed by atoms with van der Waals surface area (Å²) < 4.78 is 11.3. The van der Waals surface area contributed by atoms with Crippen LogP contribution in [0.25, 0.3) is 0 Å². The van der Waals surface area contributed by atoms with Gasteiger partial charge in [-0.2, -0.15) is 0 Å². The molecule has 1 aliphatic rings. The number of nitrogens with one attached hydrogen (secondary N) is 1. The van der Waals surface area contributed by atoms with Gasteiger partial charge in [0.05, 0.1) is 18.1 Å². The van der Waals surface area contributed by atoms with Crippen molar-refractivity contribution in [1.29, 1.82) is 0 Å². The zero-order chi connectivity index (χ0) is 18.9. The predicted molar refractivity (Wildman–Crippen MR) is 95.6 cm³/mol. The Bertz CT molecular complexity index is 846. The molecule has 0 unspecified atom stereocenters. The monoisotopic (exact) mass is 356 g/mol. The third-order valence-corrected chi connectivity index (χ3v) is 4.32. The highest BCUT2D eigenvalue weighted by molar-refractivity contribution is 5.94. The number of methoxy groups -OCH3 is 1. The first-order chi connectivity index (χ1) is 12.3. The summed E-state index contributed by atoms with van der Waals surface area (Å²) in [6.45, 7) is 3.93. The van der Waals surface area contributed by atoms with Gasteiger partial charge in [-0.15, -0.1) is 0 Å². The molecular weight excluding hydrogens is 336 g/mol. The van der Waals surface area contributed by atoms with Crippen LogP contribution in [0.3, 0.4) is 0 Å². The molecule has 0 bridgehead atoms. The second-order valence-corrected chi connectivity index (χ2v) is 6.80. The van der Waals surface area contributed by atoms with Gasteiger partial charge in [0.1, 0.15) is 17.1 Å². The Balaban J connectivity index is 1.86. The molecule has 0 saturated heterocycles. The highest BCUT2D eigenvalue weighted by atomic mass is 16.6.